The summed E-state index contributed by atoms with van der Waals surface area (Å²) in [6.07, 6.45) is 0. The maximum absolute atomic E-state index is 12.3. The van der Waals surface area contributed by atoms with Crippen molar-refractivity contribution in [2.45, 2.75) is 13.8 Å². The van der Waals surface area contributed by atoms with E-state index in [2.05, 4.69) is 11.1 Å². The number of para-hydroxylation sites is 1. The number of carbonyl (C=O) groups excluding carboxylic acids is 1. The van der Waals surface area contributed by atoms with Crippen molar-refractivity contribution < 1.29 is 9.53 Å². The molecule has 0 aliphatic rings. The molecule has 0 atom stereocenters. The van der Waals surface area contributed by atoms with E-state index < -0.39 is 5.97 Å². The van der Waals surface area contributed by atoms with Crippen LogP contribution in [0.5, 0.6) is 0 Å². The van der Waals surface area contributed by atoms with Crippen LogP contribution in [0.15, 0.2) is 48.5 Å². The summed E-state index contributed by atoms with van der Waals surface area (Å²) in [6.45, 7) is 3.79. The van der Waals surface area contributed by atoms with E-state index in [1.807, 2.05) is 56.3 Å². The number of ether oxygens (including phenoxy) is 1. The third-order valence-electron chi connectivity index (χ3n) is 3.86. The molecule has 0 spiro atoms. The zero-order valence-electron chi connectivity index (χ0n) is 13.5. The first-order chi connectivity index (χ1) is 11.6. The van der Waals surface area contributed by atoms with Crippen molar-refractivity contribution in [3.8, 4) is 17.3 Å². The van der Waals surface area contributed by atoms with Gasteiger partial charge >= 0.3 is 5.97 Å². The van der Waals surface area contributed by atoms with Gasteiger partial charge in [-0.2, -0.15) is 5.26 Å². The van der Waals surface area contributed by atoms with Gasteiger partial charge in [0, 0.05) is 10.9 Å². The summed E-state index contributed by atoms with van der Waals surface area (Å²) in [5.41, 5.74) is 5.10. The SMILES string of the molecule is Cc1ccc(-c2cc(C(=O)OCC#N)c3ccccc3n2)c(C)c1. The van der Waals surface area contributed by atoms with Crippen molar-refractivity contribution in [1.82, 2.24) is 4.98 Å². The molecule has 0 unspecified atom stereocenters. The third-order valence-corrected chi connectivity index (χ3v) is 3.86. The Morgan fingerprint density at radius 1 is 1.17 bits per heavy atom. The molecule has 1 aromatic heterocycles. The Hall–Kier alpha value is -3.19. The Morgan fingerprint density at radius 3 is 2.71 bits per heavy atom. The molecule has 0 aliphatic heterocycles. The predicted octanol–water partition coefficient (Wildman–Crippen LogP) is 4.20. The highest BCUT2D eigenvalue weighted by molar-refractivity contribution is 6.04. The van der Waals surface area contributed by atoms with E-state index in [0.717, 1.165) is 22.3 Å². The van der Waals surface area contributed by atoms with Crippen LogP contribution in [-0.2, 0) is 4.74 Å². The topological polar surface area (TPSA) is 63.0 Å². The Labute approximate surface area is 140 Å². The fourth-order valence-corrected chi connectivity index (χ4v) is 2.76. The van der Waals surface area contributed by atoms with Crippen LogP contribution >= 0.6 is 0 Å². The van der Waals surface area contributed by atoms with Crippen molar-refractivity contribution in [3.05, 3.63) is 65.2 Å². The minimum absolute atomic E-state index is 0.269. The number of aryl methyl sites for hydroxylation is 2. The lowest BCUT2D eigenvalue weighted by molar-refractivity contribution is 0.0557. The molecule has 0 bridgehead atoms. The minimum Gasteiger partial charge on any atom is -0.447 e. The van der Waals surface area contributed by atoms with Gasteiger partial charge in [-0.1, -0.05) is 42.0 Å². The van der Waals surface area contributed by atoms with E-state index in [0.29, 0.717) is 10.9 Å². The Balaban J connectivity index is 2.20. The average molecular weight is 316 g/mol. The van der Waals surface area contributed by atoms with Gasteiger partial charge in [0.1, 0.15) is 6.07 Å². The fourth-order valence-electron chi connectivity index (χ4n) is 2.76. The number of fused-ring (bicyclic) bond motifs is 1. The zero-order valence-corrected chi connectivity index (χ0v) is 13.5. The van der Waals surface area contributed by atoms with Gasteiger partial charge < -0.3 is 4.74 Å². The first-order valence-electron chi connectivity index (χ1n) is 7.61. The van der Waals surface area contributed by atoms with Crippen molar-refractivity contribution in [1.29, 1.82) is 5.26 Å². The second-order valence-electron chi connectivity index (χ2n) is 5.62. The molecule has 24 heavy (non-hydrogen) atoms. The number of nitrogens with zero attached hydrogens (tertiary/aromatic N) is 2. The van der Waals surface area contributed by atoms with Crippen LogP contribution in [0.3, 0.4) is 0 Å². The van der Waals surface area contributed by atoms with Gasteiger partial charge in [-0.25, -0.2) is 9.78 Å². The van der Waals surface area contributed by atoms with Crippen LogP contribution in [0.25, 0.3) is 22.2 Å². The van der Waals surface area contributed by atoms with Crippen LogP contribution in [0, 0.1) is 25.2 Å². The van der Waals surface area contributed by atoms with Gasteiger partial charge in [-0.15, -0.1) is 0 Å². The van der Waals surface area contributed by atoms with Gasteiger partial charge in [-0.3, -0.25) is 0 Å². The number of esters is 1. The number of hydrogen-bond acceptors (Lipinski definition) is 4. The van der Waals surface area contributed by atoms with E-state index in [9.17, 15) is 4.79 Å². The number of benzene rings is 2. The summed E-state index contributed by atoms with van der Waals surface area (Å²) in [5, 5.41) is 9.35. The molecule has 4 heteroatoms. The summed E-state index contributed by atoms with van der Waals surface area (Å²) < 4.78 is 5.00. The number of nitriles is 1. The largest absolute Gasteiger partial charge is 0.447 e. The van der Waals surface area contributed by atoms with Crippen molar-refractivity contribution in [3.63, 3.8) is 0 Å². The number of pyridine rings is 1. The molecule has 2 aromatic carbocycles. The van der Waals surface area contributed by atoms with E-state index >= 15 is 0 Å². The molecule has 0 amide bonds. The second-order valence-corrected chi connectivity index (χ2v) is 5.62. The molecule has 0 saturated heterocycles. The maximum Gasteiger partial charge on any atom is 0.339 e. The molecule has 4 nitrogen and oxygen atoms in total. The highest BCUT2D eigenvalue weighted by Crippen LogP contribution is 2.28. The average Bonchev–Trinajstić information content (AvgIpc) is 2.58. The molecule has 0 fully saturated rings. The molecule has 0 saturated carbocycles. The van der Waals surface area contributed by atoms with Gasteiger partial charge in [0.25, 0.3) is 0 Å². The summed E-state index contributed by atoms with van der Waals surface area (Å²) in [4.78, 5) is 17.0. The predicted molar refractivity (Wildman–Crippen MR) is 92.5 cm³/mol. The quantitative estimate of drug-likeness (QED) is 0.679. The molecule has 118 valence electrons. The van der Waals surface area contributed by atoms with E-state index in [4.69, 9.17) is 10.00 Å². The number of hydrogen-bond donors (Lipinski definition) is 0. The van der Waals surface area contributed by atoms with Crippen LogP contribution in [0.1, 0.15) is 21.5 Å². The highest BCUT2D eigenvalue weighted by Gasteiger charge is 2.15. The van der Waals surface area contributed by atoms with Crippen LogP contribution in [-0.4, -0.2) is 17.6 Å². The smallest absolute Gasteiger partial charge is 0.339 e. The zero-order chi connectivity index (χ0) is 17.1. The highest BCUT2D eigenvalue weighted by atomic mass is 16.5. The lowest BCUT2D eigenvalue weighted by atomic mass is 9.99. The first kappa shape index (κ1) is 15.7. The van der Waals surface area contributed by atoms with Crippen molar-refractivity contribution in [2.75, 3.05) is 6.61 Å². The summed E-state index contributed by atoms with van der Waals surface area (Å²) in [7, 11) is 0. The summed E-state index contributed by atoms with van der Waals surface area (Å²) >= 11 is 0. The fraction of sp³-hybridized carbons (Fsp3) is 0.150. The number of aromatic nitrogens is 1. The van der Waals surface area contributed by atoms with Crippen LogP contribution in [0.4, 0.5) is 0 Å². The third kappa shape index (κ3) is 2.97. The van der Waals surface area contributed by atoms with Gasteiger partial charge in [0.15, 0.2) is 6.61 Å². The van der Waals surface area contributed by atoms with Crippen molar-refractivity contribution >= 4 is 16.9 Å². The molecule has 3 aromatic rings. The molecule has 0 N–H and O–H groups in total. The number of rotatable bonds is 3. The van der Waals surface area contributed by atoms with Crippen LogP contribution in [0.2, 0.25) is 0 Å². The molecule has 0 aliphatic carbocycles. The second kappa shape index (κ2) is 6.51. The first-order valence-corrected chi connectivity index (χ1v) is 7.61. The monoisotopic (exact) mass is 316 g/mol. The lowest BCUT2D eigenvalue weighted by Gasteiger charge is -2.11. The van der Waals surface area contributed by atoms with E-state index in [1.54, 1.807) is 6.07 Å². The maximum atomic E-state index is 12.3. The molecular weight excluding hydrogens is 300 g/mol. The van der Waals surface area contributed by atoms with E-state index in [-0.39, 0.29) is 6.61 Å². The Kier molecular flexibility index (Phi) is 4.26. The van der Waals surface area contributed by atoms with Crippen LogP contribution < -0.4 is 0 Å². The molecule has 1 heterocycles. The Bertz CT molecular complexity index is 971. The standard InChI is InChI=1S/C20H16N2O2/c1-13-7-8-15(14(2)11-13)19-12-17(20(23)24-10-9-21)16-5-3-4-6-18(16)22-19/h3-8,11-12H,10H2,1-2H3. The number of carbonyl (C=O) groups is 1. The van der Waals surface area contributed by atoms with Crippen molar-refractivity contribution in [2.24, 2.45) is 0 Å². The summed E-state index contributed by atoms with van der Waals surface area (Å²) in [6, 6.07) is 17.1. The lowest BCUT2D eigenvalue weighted by Crippen LogP contribution is -2.07. The van der Waals surface area contributed by atoms with Gasteiger partial charge in [0.2, 0.25) is 0 Å². The molecule has 3 rings (SSSR count). The molecular formula is C20H16N2O2. The van der Waals surface area contributed by atoms with E-state index in [1.165, 1.54) is 5.56 Å². The Morgan fingerprint density at radius 2 is 1.96 bits per heavy atom. The van der Waals surface area contributed by atoms with Gasteiger partial charge in [-0.05, 0) is 31.5 Å². The minimum atomic E-state index is -0.513. The normalized spacial score (nSPS) is 10.4. The van der Waals surface area contributed by atoms with Gasteiger partial charge in [0.05, 0.1) is 16.8 Å². The molecule has 0 radical (unpaired) electrons. The summed E-state index contributed by atoms with van der Waals surface area (Å²) in [5.74, 6) is -0.513.